The molecule has 0 saturated carbocycles. The Morgan fingerprint density at radius 1 is 0.679 bits per heavy atom. The number of hydrogen-bond donors (Lipinski definition) is 0. The largest absolute Gasteiger partial charge is 1.00 e. The molecule has 0 radical (unpaired) electrons. The lowest BCUT2D eigenvalue weighted by Crippen LogP contribution is -3.00. The zero-order chi connectivity index (χ0) is 20.1. The molecule has 2 nitrogen and oxygen atoms in total. The van der Waals surface area contributed by atoms with Crippen LogP contribution < -0.4 is 12.4 Å². The second-order valence-electron chi connectivity index (χ2n) is 9.16. The average Bonchev–Trinajstić information content (AvgIpc) is 2.54. The van der Waals surface area contributed by atoms with E-state index in [1.165, 1.54) is 96.4 Å². The minimum atomic E-state index is 0. The summed E-state index contributed by atoms with van der Waals surface area (Å²) in [6.07, 6.45) is 22.2. The van der Waals surface area contributed by atoms with Crippen LogP contribution >= 0.6 is 12.4 Å². The van der Waals surface area contributed by atoms with Crippen LogP contribution in [0.4, 0.5) is 0 Å². The first-order valence-corrected chi connectivity index (χ1v) is 11.4. The van der Waals surface area contributed by atoms with Crippen molar-refractivity contribution in [2.45, 2.75) is 96.8 Å². The fourth-order valence-corrected chi connectivity index (χ4v) is 3.04. The van der Waals surface area contributed by atoms with Crippen molar-refractivity contribution in [3.05, 3.63) is 12.7 Å². The van der Waals surface area contributed by atoms with Gasteiger partial charge in [-0.05, 0) is 26.9 Å². The molecule has 0 aromatic carbocycles. The number of hydrogen-bond acceptors (Lipinski definition) is 1. The van der Waals surface area contributed by atoms with Crippen LogP contribution in [0.2, 0.25) is 0 Å². The zero-order valence-corrected chi connectivity index (χ0v) is 21.9. The van der Waals surface area contributed by atoms with Gasteiger partial charge in [0.25, 0.3) is 0 Å². The van der Waals surface area contributed by atoms with Gasteiger partial charge in [0.15, 0.2) is 0 Å². The molecule has 0 unspecified atom stereocenters. The van der Waals surface area contributed by atoms with Gasteiger partial charge in [0, 0.05) is 6.54 Å². The van der Waals surface area contributed by atoms with Crippen molar-refractivity contribution in [3.63, 3.8) is 0 Å². The Morgan fingerprint density at radius 3 is 1.21 bits per heavy atom. The normalized spacial score (nSPS) is 10.5. The van der Waals surface area contributed by atoms with Crippen LogP contribution in [0.5, 0.6) is 0 Å². The van der Waals surface area contributed by atoms with Gasteiger partial charge in [-0.3, -0.25) is 0 Å². The summed E-state index contributed by atoms with van der Waals surface area (Å²) in [5.41, 5.74) is 0. The maximum Gasteiger partial charge on any atom is 0.0780 e. The third-order valence-electron chi connectivity index (χ3n) is 4.68. The summed E-state index contributed by atoms with van der Waals surface area (Å²) in [5, 5.41) is 0. The molecule has 0 saturated heterocycles. The maximum atomic E-state index is 3.56. The third-order valence-corrected chi connectivity index (χ3v) is 4.68. The summed E-state index contributed by atoms with van der Waals surface area (Å²) >= 11 is 0. The van der Waals surface area contributed by atoms with Crippen LogP contribution in [0.1, 0.15) is 96.8 Å². The van der Waals surface area contributed by atoms with E-state index >= 15 is 0 Å². The van der Waals surface area contributed by atoms with Gasteiger partial charge < -0.3 is 21.8 Å². The van der Waals surface area contributed by atoms with E-state index in [4.69, 9.17) is 0 Å². The van der Waals surface area contributed by atoms with Gasteiger partial charge in [-0.25, -0.2) is 0 Å². The second kappa shape index (κ2) is 27.2. The van der Waals surface area contributed by atoms with E-state index in [9.17, 15) is 0 Å². The highest BCUT2D eigenvalue weighted by Crippen LogP contribution is 2.13. The molecule has 0 heterocycles. The van der Waals surface area contributed by atoms with Gasteiger partial charge >= 0.3 is 0 Å². The van der Waals surface area contributed by atoms with Crippen LogP contribution in [0, 0.1) is 0 Å². The average molecular weight is 442 g/mol. The van der Waals surface area contributed by atoms with Crippen molar-refractivity contribution in [2.24, 2.45) is 0 Å². The lowest BCUT2D eigenvalue weighted by molar-refractivity contribution is -0.870. The van der Waals surface area contributed by atoms with Crippen LogP contribution in [0.15, 0.2) is 12.7 Å². The molecule has 0 atom stereocenters. The Balaban J connectivity index is -0.000000312. The first kappa shape index (κ1) is 35.7. The summed E-state index contributed by atoms with van der Waals surface area (Å²) in [7, 11) is 10.9. The highest BCUT2D eigenvalue weighted by molar-refractivity contribution is 5.85. The minimum absolute atomic E-state index is 0. The molecule has 174 valence electrons. The highest BCUT2D eigenvalue weighted by atomic mass is 35.5. The van der Waals surface area contributed by atoms with E-state index in [1.807, 2.05) is 20.2 Å². The standard InChI is InChI=1S/C19H42N.C5H11N.2ClH/c1-5-6-7-8-9-10-11-12-13-14-15-16-17-18-19-20(2,3)4;1-4-5-6(2)3;;/h5-19H2,1-4H3;4H,1,5H2,2-3H3;2*1H/q+1;;;/p-1. The Kier molecular flexibility index (Phi) is 34.7. The Bertz CT molecular complexity index is 276. The molecule has 0 rings (SSSR count). The quantitative estimate of drug-likeness (QED) is 0.184. The van der Waals surface area contributed by atoms with Gasteiger partial charge in [-0.2, -0.15) is 0 Å². The molecule has 0 bridgehead atoms. The number of likely N-dealkylation sites (N-methyl/N-ethyl adjacent to an activating group) is 1. The lowest BCUT2D eigenvalue weighted by atomic mass is 10.0. The summed E-state index contributed by atoms with van der Waals surface area (Å²) in [5.74, 6) is 0. The molecule has 0 aliphatic heterocycles. The van der Waals surface area contributed by atoms with Crippen LogP contribution in [-0.2, 0) is 0 Å². The molecule has 4 heteroatoms. The molecule has 0 N–H and O–H groups in total. The molecule has 0 aliphatic carbocycles. The number of halogens is 2. The molecule has 0 fully saturated rings. The van der Waals surface area contributed by atoms with Crippen molar-refractivity contribution in [3.8, 4) is 0 Å². The third kappa shape index (κ3) is 40.8. The van der Waals surface area contributed by atoms with Crippen molar-refractivity contribution in [1.82, 2.24) is 4.90 Å². The van der Waals surface area contributed by atoms with Crippen molar-refractivity contribution in [1.29, 1.82) is 0 Å². The fourth-order valence-electron chi connectivity index (χ4n) is 3.04. The Labute approximate surface area is 191 Å². The van der Waals surface area contributed by atoms with Gasteiger partial charge in [0.2, 0.25) is 0 Å². The van der Waals surface area contributed by atoms with E-state index < -0.39 is 0 Å². The number of rotatable bonds is 17. The van der Waals surface area contributed by atoms with Gasteiger partial charge in [-0.1, -0.05) is 90.0 Å². The van der Waals surface area contributed by atoms with E-state index in [2.05, 4.69) is 39.5 Å². The van der Waals surface area contributed by atoms with Crippen molar-refractivity contribution < 1.29 is 16.9 Å². The smallest absolute Gasteiger partial charge is 0.0780 e. The predicted molar refractivity (Wildman–Crippen MR) is 129 cm³/mol. The Morgan fingerprint density at radius 2 is 1.00 bits per heavy atom. The lowest BCUT2D eigenvalue weighted by Gasteiger charge is -2.23. The topological polar surface area (TPSA) is 3.24 Å². The summed E-state index contributed by atoms with van der Waals surface area (Å²) in [6.45, 7) is 8.16. The zero-order valence-electron chi connectivity index (χ0n) is 20.3. The maximum absolute atomic E-state index is 3.56. The molecule has 0 spiro atoms. The molecule has 0 aromatic rings. The first-order chi connectivity index (χ1) is 12.3. The summed E-state index contributed by atoms with van der Waals surface area (Å²) in [6, 6.07) is 0. The molecular weight excluding hydrogens is 387 g/mol. The van der Waals surface area contributed by atoms with E-state index in [1.54, 1.807) is 0 Å². The molecule has 0 aliphatic rings. The summed E-state index contributed by atoms with van der Waals surface area (Å²) in [4.78, 5) is 2.06. The van der Waals surface area contributed by atoms with Gasteiger partial charge in [0.05, 0.1) is 27.7 Å². The summed E-state index contributed by atoms with van der Waals surface area (Å²) < 4.78 is 1.12. The van der Waals surface area contributed by atoms with Crippen LogP contribution in [0.3, 0.4) is 0 Å². The van der Waals surface area contributed by atoms with Gasteiger partial charge in [0.1, 0.15) is 0 Å². The minimum Gasteiger partial charge on any atom is -1.00 e. The number of quaternary nitrogens is 1. The number of nitrogens with zero attached hydrogens (tertiary/aromatic N) is 2. The Hall–Kier alpha value is 0.240. The van der Waals surface area contributed by atoms with Crippen LogP contribution in [-0.4, -0.2) is 57.7 Å². The predicted octanol–water partition coefficient (Wildman–Crippen LogP) is 4.33. The molecule has 0 aromatic heterocycles. The van der Waals surface area contributed by atoms with Gasteiger partial charge in [-0.15, -0.1) is 19.0 Å². The highest BCUT2D eigenvalue weighted by Gasteiger charge is 2.04. The SMILES string of the molecule is C=CCN(C)C.CCCCCCCCCCCCCCCC[N+](C)(C)C.Cl.[Cl-]. The molecular formula is C24H54Cl2N2. The second-order valence-corrected chi connectivity index (χ2v) is 9.16. The molecule has 28 heavy (non-hydrogen) atoms. The van der Waals surface area contributed by atoms with E-state index in [-0.39, 0.29) is 24.8 Å². The molecule has 0 amide bonds. The van der Waals surface area contributed by atoms with Crippen LogP contribution in [0.25, 0.3) is 0 Å². The van der Waals surface area contributed by atoms with Crippen molar-refractivity contribution >= 4 is 12.4 Å². The number of unbranched alkanes of at least 4 members (excludes halogenated alkanes) is 13. The monoisotopic (exact) mass is 440 g/mol. The fraction of sp³-hybridized carbons (Fsp3) is 0.917. The first-order valence-electron chi connectivity index (χ1n) is 11.4. The van der Waals surface area contributed by atoms with E-state index in [0.717, 1.165) is 11.0 Å². The van der Waals surface area contributed by atoms with E-state index in [0.29, 0.717) is 0 Å². The van der Waals surface area contributed by atoms with Crippen molar-refractivity contribution in [2.75, 3.05) is 48.3 Å².